The summed E-state index contributed by atoms with van der Waals surface area (Å²) >= 11 is 0. The van der Waals surface area contributed by atoms with Crippen molar-refractivity contribution < 1.29 is 4.74 Å². The zero-order valence-electron chi connectivity index (χ0n) is 9.22. The lowest BCUT2D eigenvalue weighted by molar-refractivity contribution is 0.183. The van der Waals surface area contributed by atoms with Crippen LogP contribution in [0.5, 0.6) is 0 Å². The summed E-state index contributed by atoms with van der Waals surface area (Å²) in [4.78, 5) is 4.14. The van der Waals surface area contributed by atoms with Gasteiger partial charge in [-0.2, -0.15) is 0 Å². The summed E-state index contributed by atoms with van der Waals surface area (Å²) in [6.45, 7) is 4.84. The van der Waals surface area contributed by atoms with E-state index in [0.717, 1.165) is 31.9 Å². The molecule has 0 aliphatic carbocycles. The SMILES string of the molecule is C[C@@H](N)c1cncn1CCC1CCOC1. The lowest BCUT2D eigenvalue weighted by Gasteiger charge is -2.12. The van der Waals surface area contributed by atoms with Gasteiger partial charge in [0.1, 0.15) is 0 Å². The van der Waals surface area contributed by atoms with E-state index in [1.165, 1.54) is 6.42 Å². The molecule has 1 aliphatic heterocycles. The van der Waals surface area contributed by atoms with Crippen LogP contribution in [0.15, 0.2) is 12.5 Å². The highest BCUT2D eigenvalue weighted by Gasteiger charge is 2.16. The second-order valence-electron chi connectivity index (χ2n) is 4.32. The average Bonchev–Trinajstić information content (AvgIpc) is 2.86. The number of nitrogens with zero attached hydrogens (tertiary/aromatic N) is 2. The highest BCUT2D eigenvalue weighted by molar-refractivity contribution is 5.02. The van der Waals surface area contributed by atoms with Crippen LogP contribution in [-0.4, -0.2) is 22.8 Å². The molecule has 0 radical (unpaired) electrons. The summed E-state index contributed by atoms with van der Waals surface area (Å²) in [5.41, 5.74) is 6.98. The van der Waals surface area contributed by atoms with Crippen LogP contribution in [0.4, 0.5) is 0 Å². The van der Waals surface area contributed by atoms with E-state index in [4.69, 9.17) is 10.5 Å². The van der Waals surface area contributed by atoms with Gasteiger partial charge < -0.3 is 15.0 Å². The molecule has 2 heterocycles. The Morgan fingerprint density at radius 3 is 3.27 bits per heavy atom. The molecule has 1 unspecified atom stereocenters. The number of aryl methyl sites for hydroxylation is 1. The minimum atomic E-state index is 0.0623. The third-order valence-corrected chi connectivity index (χ3v) is 3.01. The van der Waals surface area contributed by atoms with E-state index in [0.29, 0.717) is 5.92 Å². The summed E-state index contributed by atoms with van der Waals surface area (Å²) in [6, 6.07) is 0.0623. The number of nitrogens with two attached hydrogens (primary N) is 1. The fourth-order valence-electron chi connectivity index (χ4n) is 2.03. The number of rotatable bonds is 4. The van der Waals surface area contributed by atoms with E-state index >= 15 is 0 Å². The molecule has 2 N–H and O–H groups in total. The Hall–Kier alpha value is -0.870. The summed E-state index contributed by atoms with van der Waals surface area (Å²) in [6.07, 6.45) is 6.09. The van der Waals surface area contributed by atoms with Crippen molar-refractivity contribution in [2.24, 2.45) is 11.7 Å². The van der Waals surface area contributed by atoms with Gasteiger partial charge in [0.25, 0.3) is 0 Å². The average molecular weight is 209 g/mol. The fraction of sp³-hybridized carbons (Fsp3) is 0.727. The number of hydrogen-bond acceptors (Lipinski definition) is 3. The largest absolute Gasteiger partial charge is 0.381 e. The van der Waals surface area contributed by atoms with Crippen LogP contribution >= 0.6 is 0 Å². The molecule has 2 atom stereocenters. The third-order valence-electron chi connectivity index (χ3n) is 3.01. The summed E-state index contributed by atoms with van der Waals surface area (Å²) in [5.74, 6) is 0.716. The number of aromatic nitrogens is 2. The highest BCUT2D eigenvalue weighted by Crippen LogP contribution is 2.18. The minimum absolute atomic E-state index is 0.0623. The molecule has 15 heavy (non-hydrogen) atoms. The van der Waals surface area contributed by atoms with Crippen LogP contribution in [0.1, 0.15) is 31.5 Å². The normalized spacial score (nSPS) is 23.2. The fourth-order valence-corrected chi connectivity index (χ4v) is 2.03. The Balaban J connectivity index is 1.89. The molecule has 0 bridgehead atoms. The van der Waals surface area contributed by atoms with Crippen molar-refractivity contribution in [3.8, 4) is 0 Å². The molecule has 4 heteroatoms. The Kier molecular flexibility index (Phi) is 3.38. The van der Waals surface area contributed by atoms with Gasteiger partial charge in [-0.25, -0.2) is 4.98 Å². The Morgan fingerprint density at radius 1 is 1.73 bits per heavy atom. The van der Waals surface area contributed by atoms with Gasteiger partial charge in [-0.3, -0.25) is 0 Å². The van der Waals surface area contributed by atoms with E-state index in [-0.39, 0.29) is 6.04 Å². The molecule has 1 fully saturated rings. The lowest BCUT2D eigenvalue weighted by atomic mass is 10.1. The third kappa shape index (κ3) is 2.58. The molecule has 0 amide bonds. The van der Waals surface area contributed by atoms with E-state index < -0.39 is 0 Å². The Labute approximate surface area is 90.4 Å². The maximum absolute atomic E-state index is 5.86. The molecule has 2 rings (SSSR count). The smallest absolute Gasteiger partial charge is 0.0948 e. The predicted molar refractivity (Wildman–Crippen MR) is 58.4 cm³/mol. The van der Waals surface area contributed by atoms with E-state index in [1.54, 1.807) is 0 Å². The quantitative estimate of drug-likeness (QED) is 0.814. The molecule has 84 valence electrons. The highest BCUT2D eigenvalue weighted by atomic mass is 16.5. The first-order valence-corrected chi connectivity index (χ1v) is 5.60. The molecular formula is C11H19N3O. The second-order valence-corrected chi connectivity index (χ2v) is 4.32. The standard InChI is InChI=1S/C11H19N3O/c1-9(12)11-6-13-8-14(11)4-2-10-3-5-15-7-10/h6,8-10H,2-5,7,12H2,1H3/t9-,10?/m1/s1. The van der Waals surface area contributed by atoms with Gasteiger partial charge in [-0.05, 0) is 25.7 Å². The first kappa shape index (κ1) is 10.6. The van der Waals surface area contributed by atoms with Crippen LogP contribution in [0, 0.1) is 5.92 Å². The molecule has 0 aromatic carbocycles. The van der Waals surface area contributed by atoms with Gasteiger partial charge in [-0.1, -0.05) is 0 Å². The first-order valence-electron chi connectivity index (χ1n) is 5.60. The minimum Gasteiger partial charge on any atom is -0.381 e. The second kappa shape index (κ2) is 4.77. The maximum atomic E-state index is 5.86. The van der Waals surface area contributed by atoms with Gasteiger partial charge in [-0.15, -0.1) is 0 Å². The van der Waals surface area contributed by atoms with Crippen LogP contribution < -0.4 is 5.73 Å². The summed E-state index contributed by atoms with van der Waals surface area (Å²) in [5, 5.41) is 0. The van der Waals surface area contributed by atoms with Crippen molar-refractivity contribution in [1.29, 1.82) is 0 Å². The molecular weight excluding hydrogens is 190 g/mol. The van der Waals surface area contributed by atoms with Crippen molar-refractivity contribution in [1.82, 2.24) is 9.55 Å². The van der Waals surface area contributed by atoms with Crippen LogP contribution in [0.2, 0.25) is 0 Å². The monoisotopic (exact) mass is 209 g/mol. The van der Waals surface area contributed by atoms with Gasteiger partial charge >= 0.3 is 0 Å². The zero-order valence-corrected chi connectivity index (χ0v) is 9.22. The summed E-state index contributed by atoms with van der Waals surface area (Å²) < 4.78 is 7.51. The van der Waals surface area contributed by atoms with Crippen LogP contribution in [-0.2, 0) is 11.3 Å². The van der Waals surface area contributed by atoms with Crippen molar-refractivity contribution in [3.05, 3.63) is 18.2 Å². The van der Waals surface area contributed by atoms with Crippen molar-refractivity contribution in [3.63, 3.8) is 0 Å². The zero-order chi connectivity index (χ0) is 10.7. The molecule has 1 saturated heterocycles. The lowest BCUT2D eigenvalue weighted by Crippen LogP contribution is -2.13. The number of imidazole rings is 1. The van der Waals surface area contributed by atoms with Crippen molar-refractivity contribution in [2.45, 2.75) is 32.4 Å². The van der Waals surface area contributed by atoms with E-state index in [9.17, 15) is 0 Å². The molecule has 0 saturated carbocycles. The van der Waals surface area contributed by atoms with E-state index in [2.05, 4.69) is 9.55 Å². The molecule has 4 nitrogen and oxygen atoms in total. The van der Waals surface area contributed by atoms with Gasteiger partial charge in [0.15, 0.2) is 0 Å². The van der Waals surface area contributed by atoms with Gasteiger partial charge in [0.05, 0.1) is 12.0 Å². The molecule has 0 spiro atoms. The van der Waals surface area contributed by atoms with Crippen LogP contribution in [0.25, 0.3) is 0 Å². The van der Waals surface area contributed by atoms with Crippen molar-refractivity contribution in [2.75, 3.05) is 13.2 Å². The van der Waals surface area contributed by atoms with Crippen molar-refractivity contribution >= 4 is 0 Å². The molecule has 1 aliphatic rings. The van der Waals surface area contributed by atoms with Gasteiger partial charge in [0.2, 0.25) is 0 Å². The Morgan fingerprint density at radius 2 is 2.60 bits per heavy atom. The van der Waals surface area contributed by atoms with Crippen LogP contribution in [0.3, 0.4) is 0 Å². The Bertz CT molecular complexity index is 303. The maximum Gasteiger partial charge on any atom is 0.0948 e. The molecule has 1 aromatic rings. The summed E-state index contributed by atoms with van der Waals surface area (Å²) in [7, 11) is 0. The number of ether oxygens (including phenoxy) is 1. The number of hydrogen-bond donors (Lipinski definition) is 1. The molecule has 1 aromatic heterocycles. The topological polar surface area (TPSA) is 53.1 Å². The predicted octanol–water partition coefficient (Wildman–Crippen LogP) is 1.33. The van der Waals surface area contributed by atoms with Gasteiger partial charge in [0, 0.05) is 32.0 Å². The van der Waals surface area contributed by atoms with E-state index in [1.807, 2.05) is 19.4 Å². The first-order chi connectivity index (χ1) is 7.27.